The first-order valence-electron chi connectivity index (χ1n) is 12.8. The summed E-state index contributed by atoms with van der Waals surface area (Å²) < 4.78 is 10.5. The van der Waals surface area contributed by atoms with Crippen LogP contribution in [0.5, 0.6) is 11.5 Å². The fraction of sp³-hybridized carbons (Fsp3) is 0.258. The van der Waals surface area contributed by atoms with Gasteiger partial charge in [0.25, 0.3) is 11.7 Å². The SMILES string of the molecule is CCCCCOc1ccc(/C(O)=C2\C(=O)C(=O)N(Cc3ccc(C(=O)OC)cc3)C2c2ccc(O)cc2)cc1. The molecule has 39 heavy (non-hydrogen) atoms. The Bertz CT molecular complexity index is 1360. The minimum atomic E-state index is -0.893. The number of aliphatic hydroxyl groups excluding tert-OH is 1. The number of aromatic hydroxyl groups is 1. The largest absolute Gasteiger partial charge is 0.508 e. The first-order chi connectivity index (χ1) is 18.8. The number of esters is 1. The Kier molecular flexibility index (Phi) is 8.66. The predicted molar refractivity (Wildman–Crippen MR) is 145 cm³/mol. The van der Waals surface area contributed by atoms with Crippen molar-refractivity contribution in [2.75, 3.05) is 13.7 Å². The van der Waals surface area contributed by atoms with Crippen LogP contribution in [-0.4, -0.2) is 46.5 Å². The van der Waals surface area contributed by atoms with E-state index in [1.165, 1.54) is 24.1 Å². The van der Waals surface area contributed by atoms with E-state index >= 15 is 0 Å². The van der Waals surface area contributed by atoms with Gasteiger partial charge in [-0.05, 0) is 66.1 Å². The van der Waals surface area contributed by atoms with Crippen LogP contribution >= 0.6 is 0 Å². The fourth-order valence-corrected chi connectivity index (χ4v) is 4.51. The number of likely N-dealkylation sites (tertiary alicyclic amines) is 1. The zero-order valence-corrected chi connectivity index (χ0v) is 21.9. The maximum absolute atomic E-state index is 13.3. The molecular weight excluding hydrogens is 498 g/mol. The lowest BCUT2D eigenvalue weighted by atomic mass is 9.95. The summed E-state index contributed by atoms with van der Waals surface area (Å²) in [7, 11) is 1.29. The molecule has 0 radical (unpaired) electrons. The van der Waals surface area contributed by atoms with Crippen molar-refractivity contribution >= 4 is 23.4 Å². The van der Waals surface area contributed by atoms with E-state index in [0.29, 0.717) is 34.6 Å². The molecule has 4 rings (SSSR count). The quantitative estimate of drug-likeness (QED) is 0.119. The Morgan fingerprint density at radius 2 is 1.54 bits per heavy atom. The van der Waals surface area contributed by atoms with E-state index in [2.05, 4.69) is 6.92 Å². The molecule has 202 valence electrons. The number of carbonyl (C=O) groups is 3. The maximum atomic E-state index is 13.3. The van der Waals surface area contributed by atoms with Gasteiger partial charge in [-0.1, -0.05) is 44.0 Å². The monoisotopic (exact) mass is 529 g/mol. The van der Waals surface area contributed by atoms with Crippen molar-refractivity contribution in [3.8, 4) is 11.5 Å². The van der Waals surface area contributed by atoms with Crippen LogP contribution in [0.15, 0.2) is 78.4 Å². The summed E-state index contributed by atoms with van der Waals surface area (Å²) in [5.74, 6) is -1.67. The molecule has 1 unspecified atom stereocenters. The lowest BCUT2D eigenvalue weighted by Gasteiger charge is -2.25. The number of phenolic OH excluding ortho intramolecular Hbond substituents is 1. The molecule has 0 aliphatic carbocycles. The summed E-state index contributed by atoms with van der Waals surface area (Å²) >= 11 is 0. The molecule has 1 aliphatic heterocycles. The second-order valence-corrected chi connectivity index (χ2v) is 9.29. The second-order valence-electron chi connectivity index (χ2n) is 9.29. The van der Waals surface area contributed by atoms with E-state index in [0.717, 1.165) is 19.3 Å². The van der Waals surface area contributed by atoms with Crippen LogP contribution in [0.3, 0.4) is 0 Å². The van der Waals surface area contributed by atoms with E-state index in [4.69, 9.17) is 9.47 Å². The number of ketones is 1. The fourth-order valence-electron chi connectivity index (χ4n) is 4.51. The highest BCUT2D eigenvalue weighted by atomic mass is 16.5. The highest BCUT2D eigenvalue weighted by Gasteiger charge is 2.46. The third-order valence-electron chi connectivity index (χ3n) is 6.62. The zero-order valence-electron chi connectivity index (χ0n) is 21.9. The number of rotatable bonds is 10. The second kappa shape index (κ2) is 12.3. The molecule has 8 heteroatoms. The molecule has 1 heterocycles. The number of carbonyl (C=O) groups excluding carboxylic acids is 3. The van der Waals surface area contributed by atoms with E-state index in [-0.39, 0.29) is 23.6 Å². The average molecular weight is 530 g/mol. The topological polar surface area (TPSA) is 113 Å². The molecule has 1 fully saturated rings. The Balaban J connectivity index is 1.68. The van der Waals surface area contributed by atoms with Crippen LogP contribution in [0.4, 0.5) is 0 Å². The summed E-state index contributed by atoms with van der Waals surface area (Å²) in [5, 5.41) is 21.1. The maximum Gasteiger partial charge on any atom is 0.337 e. The Hall–Kier alpha value is -4.59. The Labute approximate surface area is 227 Å². The summed E-state index contributed by atoms with van der Waals surface area (Å²) in [4.78, 5) is 39.7. The molecule has 1 atom stereocenters. The number of phenols is 1. The van der Waals surface area contributed by atoms with Crippen molar-refractivity contribution in [3.05, 3.63) is 101 Å². The normalized spacial score (nSPS) is 16.4. The molecule has 3 aromatic carbocycles. The van der Waals surface area contributed by atoms with Gasteiger partial charge in [0, 0.05) is 12.1 Å². The smallest absolute Gasteiger partial charge is 0.337 e. The number of hydrogen-bond acceptors (Lipinski definition) is 7. The van der Waals surface area contributed by atoms with Crippen LogP contribution in [0.1, 0.15) is 59.3 Å². The average Bonchev–Trinajstić information content (AvgIpc) is 3.20. The van der Waals surface area contributed by atoms with E-state index in [1.54, 1.807) is 60.7 Å². The van der Waals surface area contributed by atoms with E-state index in [1.807, 2.05) is 0 Å². The van der Waals surface area contributed by atoms with Crippen molar-refractivity contribution in [2.45, 2.75) is 38.8 Å². The number of ether oxygens (including phenoxy) is 2. The number of amides is 1. The third kappa shape index (κ3) is 6.12. The molecule has 0 bridgehead atoms. The third-order valence-corrected chi connectivity index (χ3v) is 6.62. The molecule has 1 saturated heterocycles. The van der Waals surface area contributed by atoms with Gasteiger partial charge < -0.3 is 24.6 Å². The zero-order chi connectivity index (χ0) is 27.9. The Morgan fingerprint density at radius 3 is 2.15 bits per heavy atom. The number of hydrogen-bond donors (Lipinski definition) is 2. The van der Waals surface area contributed by atoms with Crippen molar-refractivity contribution in [2.24, 2.45) is 0 Å². The van der Waals surface area contributed by atoms with Gasteiger partial charge in [0.2, 0.25) is 0 Å². The standard InChI is InChI=1S/C31H31NO7/c1-3-4-5-18-39-25-16-12-22(13-17-25)28(34)26-27(21-10-14-24(33)15-11-21)32(30(36)29(26)35)19-20-6-8-23(9-7-20)31(37)38-2/h6-17,27,33-34H,3-5,18-19H2,1-2H3/b28-26+. The van der Waals surface area contributed by atoms with Crippen LogP contribution in [0.25, 0.3) is 5.76 Å². The minimum Gasteiger partial charge on any atom is -0.508 e. The number of benzene rings is 3. The van der Waals surface area contributed by atoms with E-state index < -0.39 is 23.7 Å². The van der Waals surface area contributed by atoms with Gasteiger partial charge in [-0.15, -0.1) is 0 Å². The van der Waals surface area contributed by atoms with Gasteiger partial charge in [0.05, 0.1) is 30.9 Å². The molecule has 3 aromatic rings. The van der Waals surface area contributed by atoms with Crippen molar-refractivity contribution in [3.63, 3.8) is 0 Å². The first kappa shape index (κ1) is 27.4. The van der Waals surface area contributed by atoms with Crippen molar-refractivity contribution < 1.29 is 34.1 Å². The highest BCUT2D eigenvalue weighted by molar-refractivity contribution is 6.46. The molecule has 8 nitrogen and oxygen atoms in total. The van der Waals surface area contributed by atoms with Gasteiger partial charge in [-0.3, -0.25) is 9.59 Å². The van der Waals surface area contributed by atoms with Crippen molar-refractivity contribution in [1.82, 2.24) is 4.90 Å². The van der Waals surface area contributed by atoms with Gasteiger partial charge in [-0.25, -0.2) is 4.79 Å². The molecule has 1 amide bonds. The van der Waals surface area contributed by atoms with Crippen molar-refractivity contribution in [1.29, 1.82) is 0 Å². The summed E-state index contributed by atoms with van der Waals surface area (Å²) in [5.41, 5.74) is 1.92. The molecular formula is C31H31NO7. The van der Waals surface area contributed by atoms with Gasteiger partial charge in [-0.2, -0.15) is 0 Å². The van der Waals surface area contributed by atoms with Crippen LogP contribution in [0, 0.1) is 0 Å². The van der Waals surface area contributed by atoms with Gasteiger partial charge >= 0.3 is 5.97 Å². The lowest BCUT2D eigenvalue weighted by molar-refractivity contribution is -0.140. The van der Waals surface area contributed by atoms with Crippen LogP contribution in [-0.2, 0) is 20.9 Å². The number of unbranched alkanes of at least 4 members (excludes halogenated alkanes) is 2. The summed E-state index contributed by atoms with van der Waals surface area (Å²) in [6.07, 6.45) is 3.11. The molecule has 0 spiro atoms. The van der Waals surface area contributed by atoms with E-state index in [9.17, 15) is 24.6 Å². The number of methoxy groups -OCH3 is 1. The Morgan fingerprint density at radius 1 is 0.897 bits per heavy atom. The highest BCUT2D eigenvalue weighted by Crippen LogP contribution is 2.40. The van der Waals surface area contributed by atoms with Crippen LogP contribution < -0.4 is 4.74 Å². The summed E-state index contributed by atoms with van der Waals surface area (Å²) in [6.45, 7) is 2.76. The molecule has 0 aromatic heterocycles. The number of Topliss-reactive ketones (excluding diaryl/α,β-unsaturated/α-hetero) is 1. The minimum absolute atomic E-state index is 0.0311. The lowest BCUT2D eigenvalue weighted by Crippen LogP contribution is -2.29. The predicted octanol–water partition coefficient (Wildman–Crippen LogP) is 5.37. The summed E-state index contributed by atoms with van der Waals surface area (Å²) in [6, 6.07) is 18.5. The first-order valence-corrected chi connectivity index (χ1v) is 12.8. The molecule has 2 N–H and O–H groups in total. The number of aliphatic hydroxyl groups is 1. The van der Waals surface area contributed by atoms with Gasteiger partial charge in [0.15, 0.2) is 0 Å². The molecule has 1 aliphatic rings. The number of nitrogens with zero attached hydrogens (tertiary/aromatic N) is 1. The molecule has 0 saturated carbocycles. The van der Waals surface area contributed by atoms with Crippen LogP contribution in [0.2, 0.25) is 0 Å². The van der Waals surface area contributed by atoms with Gasteiger partial charge in [0.1, 0.15) is 17.3 Å².